The van der Waals surface area contributed by atoms with E-state index in [9.17, 15) is 4.79 Å². The van der Waals surface area contributed by atoms with E-state index in [0.717, 1.165) is 25.1 Å². The highest BCUT2D eigenvalue weighted by Crippen LogP contribution is 2.16. The molecule has 0 unspecified atom stereocenters. The fourth-order valence-electron chi connectivity index (χ4n) is 1.66. The van der Waals surface area contributed by atoms with Gasteiger partial charge in [0.05, 0.1) is 0 Å². The van der Waals surface area contributed by atoms with Gasteiger partial charge in [-0.25, -0.2) is 4.79 Å². The molecule has 1 rings (SSSR count). The van der Waals surface area contributed by atoms with Crippen molar-refractivity contribution < 1.29 is 4.79 Å². The number of thioether (sulfide) groups is 2. The van der Waals surface area contributed by atoms with E-state index in [-0.39, 0.29) is 6.03 Å². The maximum atomic E-state index is 11.5. The summed E-state index contributed by atoms with van der Waals surface area (Å²) in [6.45, 7) is 0.798. The normalized spacial score (nSPS) is 20.4. The van der Waals surface area contributed by atoms with E-state index < -0.39 is 0 Å². The molecule has 1 fully saturated rings. The van der Waals surface area contributed by atoms with Gasteiger partial charge in [-0.05, 0) is 43.4 Å². The van der Waals surface area contributed by atoms with Gasteiger partial charge in [0, 0.05) is 18.3 Å². The third-order valence-electron chi connectivity index (χ3n) is 2.56. The van der Waals surface area contributed by atoms with Crippen LogP contribution >= 0.6 is 23.5 Å². The summed E-state index contributed by atoms with van der Waals surface area (Å²) in [7, 11) is 0. The van der Waals surface area contributed by atoms with Crippen molar-refractivity contribution in [2.45, 2.75) is 31.7 Å². The van der Waals surface area contributed by atoms with E-state index in [4.69, 9.17) is 0 Å². The largest absolute Gasteiger partial charge is 0.338 e. The smallest absolute Gasteiger partial charge is 0.315 e. The molecule has 2 amide bonds. The van der Waals surface area contributed by atoms with Crippen LogP contribution in [0.1, 0.15) is 25.7 Å². The molecule has 0 aromatic heterocycles. The van der Waals surface area contributed by atoms with E-state index in [1.54, 1.807) is 0 Å². The molecule has 16 heavy (non-hydrogen) atoms. The van der Waals surface area contributed by atoms with Gasteiger partial charge in [-0.15, -0.1) is 0 Å². The minimum atomic E-state index is 0.0108. The minimum Gasteiger partial charge on any atom is -0.338 e. The number of unbranched alkanes of at least 4 members (excludes halogenated alkanes) is 1. The Kier molecular flexibility index (Phi) is 7.93. The molecule has 3 nitrogen and oxygen atoms in total. The highest BCUT2D eigenvalue weighted by molar-refractivity contribution is 7.99. The molecule has 1 aliphatic rings. The molecule has 0 radical (unpaired) electrons. The second kappa shape index (κ2) is 9.05. The molecule has 0 spiro atoms. The van der Waals surface area contributed by atoms with Crippen LogP contribution in [0.25, 0.3) is 0 Å². The summed E-state index contributed by atoms with van der Waals surface area (Å²) in [5, 5.41) is 5.95. The van der Waals surface area contributed by atoms with E-state index >= 15 is 0 Å². The lowest BCUT2D eigenvalue weighted by Crippen LogP contribution is -2.44. The van der Waals surface area contributed by atoms with Crippen molar-refractivity contribution in [3.8, 4) is 0 Å². The lowest BCUT2D eigenvalue weighted by molar-refractivity contribution is 0.237. The molecule has 5 heteroatoms. The minimum absolute atomic E-state index is 0.0108. The molecule has 0 bridgehead atoms. The van der Waals surface area contributed by atoms with E-state index in [1.165, 1.54) is 24.3 Å². The van der Waals surface area contributed by atoms with Crippen molar-refractivity contribution in [3.05, 3.63) is 0 Å². The molecule has 0 saturated carbocycles. The highest BCUT2D eigenvalue weighted by Gasteiger charge is 2.15. The van der Waals surface area contributed by atoms with E-state index in [0.29, 0.717) is 6.04 Å². The number of urea groups is 1. The number of rotatable bonds is 6. The predicted molar refractivity (Wildman–Crippen MR) is 74.5 cm³/mol. The van der Waals surface area contributed by atoms with Crippen LogP contribution in [0.3, 0.4) is 0 Å². The van der Waals surface area contributed by atoms with Crippen LogP contribution in [0.5, 0.6) is 0 Å². The van der Waals surface area contributed by atoms with Gasteiger partial charge < -0.3 is 10.6 Å². The monoisotopic (exact) mass is 262 g/mol. The van der Waals surface area contributed by atoms with Crippen molar-refractivity contribution in [2.75, 3.05) is 30.1 Å². The summed E-state index contributed by atoms with van der Waals surface area (Å²) in [6.07, 6.45) is 6.73. The summed E-state index contributed by atoms with van der Waals surface area (Å²) >= 11 is 3.79. The van der Waals surface area contributed by atoms with Crippen molar-refractivity contribution in [1.82, 2.24) is 10.6 Å². The number of hydrogen-bond acceptors (Lipinski definition) is 3. The number of carbonyl (C=O) groups is 1. The second-order valence-corrected chi connectivity index (χ2v) is 6.15. The standard InChI is InChI=1S/C11H22N2OS2/c1-15-7-3-2-6-12-11(14)13-10-5-4-8-16-9-10/h10H,2-9H2,1H3,(H2,12,13,14)/t10-/m1/s1. The Balaban J connectivity index is 1.97. The molecule has 94 valence electrons. The van der Waals surface area contributed by atoms with Crippen molar-refractivity contribution in [2.24, 2.45) is 0 Å². The predicted octanol–water partition coefficient (Wildman–Crippen LogP) is 2.32. The Morgan fingerprint density at radius 3 is 3.06 bits per heavy atom. The van der Waals surface area contributed by atoms with Gasteiger partial charge in [-0.3, -0.25) is 0 Å². The van der Waals surface area contributed by atoms with Gasteiger partial charge in [0.15, 0.2) is 0 Å². The number of nitrogens with one attached hydrogen (secondary N) is 2. The van der Waals surface area contributed by atoms with Gasteiger partial charge in [0.2, 0.25) is 0 Å². The average Bonchev–Trinajstić information content (AvgIpc) is 2.30. The fraction of sp³-hybridized carbons (Fsp3) is 0.909. The van der Waals surface area contributed by atoms with Crippen LogP contribution in [0.4, 0.5) is 4.79 Å². The van der Waals surface area contributed by atoms with Gasteiger partial charge in [0.25, 0.3) is 0 Å². The highest BCUT2D eigenvalue weighted by atomic mass is 32.2. The van der Waals surface area contributed by atoms with Crippen LogP contribution in [0.2, 0.25) is 0 Å². The first-order valence-electron chi connectivity index (χ1n) is 5.94. The van der Waals surface area contributed by atoms with Crippen LogP contribution in [-0.4, -0.2) is 42.1 Å². The number of hydrogen-bond donors (Lipinski definition) is 2. The van der Waals surface area contributed by atoms with Crippen molar-refractivity contribution in [1.29, 1.82) is 0 Å². The Bertz CT molecular complexity index is 196. The lowest BCUT2D eigenvalue weighted by Gasteiger charge is -2.22. The molecule has 0 aliphatic carbocycles. The quantitative estimate of drug-likeness (QED) is 0.722. The van der Waals surface area contributed by atoms with Crippen LogP contribution in [0.15, 0.2) is 0 Å². The third kappa shape index (κ3) is 6.53. The van der Waals surface area contributed by atoms with Crippen molar-refractivity contribution >= 4 is 29.6 Å². The van der Waals surface area contributed by atoms with E-state index in [2.05, 4.69) is 16.9 Å². The maximum Gasteiger partial charge on any atom is 0.315 e. The van der Waals surface area contributed by atoms with Crippen molar-refractivity contribution in [3.63, 3.8) is 0 Å². The van der Waals surface area contributed by atoms with Crippen LogP contribution < -0.4 is 10.6 Å². The molecule has 0 aromatic carbocycles. The molecule has 2 N–H and O–H groups in total. The summed E-state index contributed by atoms with van der Waals surface area (Å²) in [6, 6.07) is 0.390. The summed E-state index contributed by atoms with van der Waals surface area (Å²) in [5.74, 6) is 3.50. The fourth-order valence-corrected chi connectivity index (χ4v) is 3.23. The average molecular weight is 262 g/mol. The molecule has 1 atom stereocenters. The molecule has 1 saturated heterocycles. The zero-order valence-electron chi connectivity index (χ0n) is 9.96. The summed E-state index contributed by atoms with van der Waals surface area (Å²) < 4.78 is 0. The van der Waals surface area contributed by atoms with Crippen LogP contribution in [0, 0.1) is 0 Å². The Morgan fingerprint density at radius 1 is 1.50 bits per heavy atom. The molecule has 1 aliphatic heterocycles. The van der Waals surface area contributed by atoms with Gasteiger partial charge in [-0.1, -0.05) is 0 Å². The number of carbonyl (C=O) groups excluding carboxylic acids is 1. The first-order chi connectivity index (χ1) is 7.83. The zero-order valence-corrected chi connectivity index (χ0v) is 11.6. The van der Waals surface area contributed by atoms with Gasteiger partial charge in [-0.2, -0.15) is 23.5 Å². The Hall–Kier alpha value is -0.0300. The topological polar surface area (TPSA) is 41.1 Å². The first kappa shape index (κ1) is 14.0. The Labute approximate surface area is 107 Å². The SMILES string of the molecule is CSCCCCNC(=O)N[C@@H]1CCCSC1. The second-order valence-electron chi connectivity index (χ2n) is 4.01. The number of amides is 2. The molecular formula is C11H22N2OS2. The first-order valence-corrected chi connectivity index (χ1v) is 8.49. The van der Waals surface area contributed by atoms with Gasteiger partial charge in [0.1, 0.15) is 0 Å². The van der Waals surface area contributed by atoms with Crippen LogP contribution in [-0.2, 0) is 0 Å². The summed E-state index contributed by atoms with van der Waals surface area (Å²) in [5.41, 5.74) is 0. The Morgan fingerprint density at radius 2 is 2.38 bits per heavy atom. The zero-order chi connectivity index (χ0) is 11.6. The van der Waals surface area contributed by atoms with E-state index in [1.807, 2.05) is 23.5 Å². The lowest BCUT2D eigenvalue weighted by atomic mass is 10.2. The third-order valence-corrected chi connectivity index (χ3v) is 4.47. The maximum absolute atomic E-state index is 11.5. The molecule has 0 aromatic rings. The summed E-state index contributed by atoms with van der Waals surface area (Å²) in [4.78, 5) is 11.5. The van der Waals surface area contributed by atoms with Gasteiger partial charge >= 0.3 is 6.03 Å². The molecular weight excluding hydrogens is 240 g/mol. The molecule has 1 heterocycles.